The van der Waals surface area contributed by atoms with Crippen molar-refractivity contribution in [3.05, 3.63) is 25.7 Å². The van der Waals surface area contributed by atoms with Gasteiger partial charge < -0.3 is 4.52 Å². The van der Waals surface area contributed by atoms with E-state index >= 15 is 0 Å². The molecule has 4 nitrogen and oxygen atoms in total. The van der Waals surface area contributed by atoms with Crippen LogP contribution in [-0.2, 0) is 4.57 Å². The summed E-state index contributed by atoms with van der Waals surface area (Å²) in [7, 11) is -4.60. The predicted octanol–water partition coefficient (Wildman–Crippen LogP) is 3.07. The summed E-state index contributed by atoms with van der Waals surface area (Å²) in [5.41, 5.74) is 0. The number of phosphoric ester groups is 1. The van der Waals surface area contributed by atoms with Crippen LogP contribution in [0.5, 0.6) is 5.75 Å². The number of benzene rings is 1. The summed E-state index contributed by atoms with van der Waals surface area (Å²) >= 11 is 13.3. The highest BCUT2D eigenvalue weighted by Crippen LogP contribution is 2.42. The van der Waals surface area contributed by atoms with Crippen molar-refractivity contribution in [3.63, 3.8) is 0 Å². The zero-order chi connectivity index (χ0) is 10.9. The van der Waals surface area contributed by atoms with Gasteiger partial charge in [-0.2, -0.15) is 0 Å². The Morgan fingerprint density at radius 2 is 1.86 bits per heavy atom. The molecule has 0 fully saturated rings. The summed E-state index contributed by atoms with van der Waals surface area (Å²) in [5.74, 6) is -0.134. The van der Waals surface area contributed by atoms with Crippen LogP contribution in [0.2, 0.25) is 10.0 Å². The second kappa shape index (κ2) is 4.55. The van der Waals surface area contributed by atoms with Crippen LogP contribution in [-0.4, -0.2) is 9.79 Å². The molecule has 0 amide bonds. The SMILES string of the molecule is O=P(O)(O)Oc1cc(Cl)c(I)cc1Cl. The molecule has 0 aromatic heterocycles. The van der Waals surface area contributed by atoms with Gasteiger partial charge in [0, 0.05) is 9.64 Å². The van der Waals surface area contributed by atoms with E-state index in [0.29, 0.717) is 8.59 Å². The van der Waals surface area contributed by atoms with E-state index in [9.17, 15) is 4.57 Å². The summed E-state index contributed by atoms with van der Waals surface area (Å²) in [6, 6.07) is 2.71. The standard InChI is InChI=1S/C6H4Cl2IO4P/c7-3-2-6(13-14(10,11)12)4(8)1-5(3)9/h1-2H,(H2,10,11,12). The van der Waals surface area contributed by atoms with Gasteiger partial charge in [-0.15, -0.1) is 0 Å². The van der Waals surface area contributed by atoms with Crippen LogP contribution in [0.1, 0.15) is 0 Å². The lowest BCUT2D eigenvalue weighted by molar-refractivity contribution is 0.283. The van der Waals surface area contributed by atoms with E-state index in [1.165, 1.54) is 12.1 Å². The molecule has 0 spiro atoms. The number of rotatable bonds is 2. The third-order valence-corrected chi connectivity index (χ3v) is 3.45. The van der Waals surface area contributed by atoms with Gasteiger partial charge in [-0.3, -0.25) is 9.79 Å². The van der Waals surface area contributed by atoms with Crippen molar-refractivity contribution >= 4 is 53.6 Å². The summed E-state index contributed by atoms with van der Waals surface area (Å²) in [6.45, 7) is 0. The highest BCUT2D eigenvalue weighted by atomic mass is 127. The molecule has 8 heteroatoms. The molecule has 0 radical (unpaired) electrons. The van der Waals surface area contributed by atoms with Crippen molar-refractivity contribution in [3.8, 4) is 5.75 Å². The highest BCUT2D eigenvalue weighted by Gasteiger charge is 2.18. The van der Waals surface area contributed by atoms with Gasteiger partial charge in [-0.05, 0) is 28.7 Å². The molecule has 1 aromatic rings. The average molecular weight is 369 g/mol. The second-order valence-electron chi connectivity index (χ2n) is 2.28. The van der Waals surface area contributed by atoms with Crippen LogP contribution in [0.3, 0.4) is 0 Å². The lowest BCUT2D eigenvalue weighted by atomic mass is 10.3. The van der Waals surface area contributed by atoms with Crippen molar-refractivity contribution in [1.29, 1.82) is 0 Å². The van der Waals surface area contributed by atoms with Crippen LogP contribution in [0.15, 0.2) is 12.1 Å². The normalized spacial score (nSPS) is 11.5. The quantitative estimate of drug-likeness (QED) is 0.478. The van der Waals surface area contributed by atoms with Crippen molar-refractivity contribution in [2.45, 2.75) is 0 Å². The van der Waals surface area contributed by atoms with Gasteiger partial charge in [0.1, 0.15) is 0 Å². The summed E-state index contributed by atoms with van der Waals surface area (Å²) in [6.07, 6.45) is 0. The Morgan fingerprint density at radius 1 is 1.29 bits per heavy atom. The number of phosphoric acid groups is 1. The Hall–Kier alpha value is 0.480. The third kappa shape index (κ3) is 3.56. The maximum atomic E-state index is 10.5. The minimum Gasteiger partial charge on any atom is -0.403 e. The molecule has 1 rings (SSSR count). The first-order valence-electron chi connectivity index (χ1n) is 3.19. The van der Waals surface area contributed by atoms with Crippen molar-refractivity contribution in [1.82, 2.24) is 0 Å². The largest absolute Gasteiger partial charge is 0.524 e. The summed E-state index contributed by atoms with van der Waals surface area (Å²) in [4.78, 5) is 17.1. The Labute approximate surface area is 104 Å². The Kier molecular flexibility index (Phi) is 4.08. The molecule has 0 saturated carbocycles. The van der Waals surface area contributed by atoms with E-state index in [1.807, 2.05) is 22.6 Å². The minimum absolute atomic E-state index is 0.0992. The fraction of sp³-hybridized carbons (Fsp3) is 0. The minimum atomic E-state index is -4.60. The van der Waals surface area contributed by atoms with Gasteiger partial charge in [0.25, 0.3) is 0 Å². The smallest absolute Gasteiger partial charge is 0.403 e. The van der Waals surface area contributed by atoms with E-state index in [0.717, 1.165) is 0 Å². The van der Waals surface area contributed by atoms with E-state index in [4.69, 9.17) is 33.0 Å². The molecular weight excluding hydrogens is 365 g/mol. The van der Waals surface area contributed by atoms with Crippen molar-refractivity contribution < 1.29 is 18.9 Å². The molecule has 0 bridgehead atoms. The topological polar surface area (TPSA) is 66.8 Å². The molecule has 1 aromatic carbocycles. The van der Waals surface area contributed by atoms with Gasteiger partial charge in [0.15, 0.2) is 5.75 Å². The van der Waals surface area contributed by atoms with E-state index in [-0.39, 0.29) is 10.8 Å². The van der Waals surface area contributed by atoms with Crippen LogP contribution >= 0.6 is 53.6 Å². The van der Waals surface area contributed by atoms with E-state index < -0.39 is 7.82 Å². The number of hydrogen-bond acceptors (Lipinski definition) is 2. The fourth-order valence-electron chi connectivity index (χ4n) is 0.702. The lowest BCUT2D eigenvalue weighted by Gasteiger charge is -2.09. The molecule has 0 aliphatic rings. The van der Waals surface area contributed by atoms with E-state index in [2.05, 4.69) is 4.52 Å². The molecular formula is C6H4Cl2IO4P. The Morgan fingerprint density at radius 3 is 2.36 bits per heavy atom. The first-order valence-corrected chi connectivity index (χ1v) is 6.56. The van der Waals surface area contributed by atoms with Crippen LogP contribution < -0.4 is 4.52 Å². The monoisotopic (exact) mass is 368 g/mol. The lowest BCUT2D eigenvalue weighted by Crippen LogP contribution is -1.91. The fourth-order valence-corrected chi connectivity index (χ4v) is 2.17. The summed E-state index contributed by atoms with van der Waals surface area (Å²) in [5, 5.41) is 0.417. The van der Waals surface area contributed by atoms with Gasteiger partial charge >= 0.3 is 7.82 Å². The molecule has 0 aliphatic heterocycles. The molecule has 14 heavy (non-hydrogen) atoms. The molecule has 0 saturated heterocycles. The average Bonchev–Trinajstić information content (AvgIpc) is 1.97. The molecule has 0 heterocycles. The van der Waals surface area contributed by atoms with Crippen molar-refractivity contribution in [2.24, 2.45) is 0 Å². The van der Waals surface area contributed by atoms with Gasteiger partial charge in [0.05, 0.1) is 10.0 Å². The number of halogens is 3. The van der Waals surface area contributed by atoms with E-state index in [1.54, 1.807) is 0 Å². The maximum Gasteiger partial charge on any atom is 0.524 e. The van der Waals surface area contributed by atoms with Crippen LogP contribution in [0.4, 0.5) is 0 Å². The first kappa shape index (κ1) is 12.5. The van der Waals surface area contributed by atoms with Gasteiger partial charge in [-0.25, -0.2) is 4.57 Å². The van der Waals surface area contributed by atoms with Crippen molar-refractivity contribution in [2.75, 3.05) is 0 Å². The zero-order valence-corrected chi connectivity index (χ0v) is 11.0. The zero-order valence-electron chi connectivity index (χ0n) is 6.45. The Balaban J connectivity index is 3.11. The molecule has 0 atom stereocenters. The second-order valence-corrected chi connectivity index (χ2v) is 5.42. The first-order chi connectivity index (χ1) is 6.29. The van der Waals surface area contributed by atoms with Gasteiger partial charge in [-0.1, -0.05) is 23.2 Å². The number of hydrogen-bond donors (Lipinski definition) is 2. The van der Waals surface area contributed by atoms with Crippen LogP contribution in [0.25, 0.3) is 0 Å². The van der Waals surface area contributed by atoms with Gasteiger partial charge in [0.2, 0.25) is 0 Å². The third-order valence-electron chi connectivity index (χ3n) is 1.19. The predicted molar refractivity (Wildman–Crippen MR) is 61.9 cm³/mol. The maximum absolute atomic E-state index is 10.5. The van der Waals surface area contributed by atoms with Crippen LogP contribution in [0, 0.1) is 3.57 Å². The molecule has 78 valence electrons. The highest BCUT2D eigenvalue weighted by molar-refractivity contribution is 14.1. The summed E-state index contributed by atoms with van der Waals surface area (Å²) < 4.78 is 15.5. The molecule has 0 aliphatic carbocycles. The molecule has 0 unspecified atom stereocenters. The molecule has 2 N–H and O–H groups in total. The Bertz CT molecular complexity index is 405.